The predicted octanol–water partition coefficient (Wildman–Crippen LogP) is 12.9. The molecule has 0 aliphatic heterocycles. The van der Waals surface area contributed by atoms with E-state index in [9.17, 15) is 0 Å². The van der Waals surface area contributed by atoms with Crippen LogP contribution in [0.15, 0.2) is 182 Å². The molecule has 4 heteroatoms. The standard InChI is InChI=1S/C50H30N4/c1-2-8-39-37(6-1)29-44(42-10-4-3-9-41(39)42)47-24-20-38-28-35(19-23-46(38)53-47)36-16-15-33-18-22-45(54-48(33)30-36)32-13-11-31(12-14-32)40-25-27-52-50-43(40)21-17-34-7-5-26-51-49(34)50/h1-30H. The van der Waals surface area contributed by atoms with E-state index in [0.717, 1.165) is 88.4 Å². The second-order valence-electron chi connectivity index (χ2n) is 13.9. The summed E-state index contributed by atoms with van der Waals surface area (Å²) < 4.78 is 0. The summed E-state index contributed by atoms with van der Waals surface area (Å²) in [5.74, 6) is 0. The minimum Gasteiger partial charge on any atom is -0.254 e. The minimum absolute atomic E-state index is 0.920. The van der Waals surface area contributed by atoms with Crippen molar-refractivity contribution in [2.45, 2.75) is 0 Å². The lowest BCUT2D eigenvalue weighted by atomic mass is 9.95. The van der Waals surface area contributed by atoms with E-state index in [1.807, 2.05) is 18.5 Å². The summed E-state index contributed by atoms with van der Waals surface area (Å²) >= 11 is 0. The summed E-state index contributed by atoms with van der Waals surface area (Å²) in [7, 11) is 0. The summed E-state index contributed by atoms with van der Waals surface area (Å²) in [5.41, 5.74) is 12.5. The van der Waals surface area contributed by atoms with Crippen LogP contribution < -0.4 is 0 Å². The van der Waals surface area contributed by atoms with Gasteiger partial charge in [-0.25, -0.2) is 9.97 Å². The highest BCUT2D eigenvalue weighted by Crippen LogP contribution is 2.36. The SMILES string of the molecule is c1ccc2c(c1)cc(-c1ccc3cc(-c4ccc5ccc(-c6ccc(-c7ccnc8c7ccc7cccnc78)cc6)nc5c4)ccc3n1)c1ccccc12. The molecule has 11 rings (SSSR count). The van der Waals surface area contributed by atoms with Crippen molar-refractivity contribution in [2.24, 2.45) is 0 Å². The molecule has 0 radical (unpaired) electrons. The number of hydrogen-bond donors (Lipinski definition) is 0. The third-order valence-corrected chi connectivity index (χ3v) is 10.7. The van der Waals surface area contributed by atoms with E-state index in [1.165, 1.54) is 21.5 Å². The Morgan fingerprint density at radius 2 is 0.963 bits per heavy atom. The van der Waals surface area contributed by atoms with Gasteiger partial charge in [0.25, 0.3) is 0 Å². The number of pyridine rings is 4. The van der Waals surface area contributed by atoms with Crippen LogP contribution in [0.2, 0.25) is 0 Å². The summed E-state index contributed by atoms with van der Waals surface area (Å²) in [6.07, 6.45) is 3.70. The Labute approximate surface area is 311 Å². The molecule has 250 valence electrons. The van der Waals surface area contributed by atoms with Crippen LogP contribution in [0, 0.1) is 0 Å². The molecule has 0 N–H and O–H groups in total. The first-order valence-corrected chi connectivity index (χ1v) is 18.2. The number of fused-ring (bicyclic) bond motifs is 8. The van der Waals surface area contributed by atoms with Gasteiger partial charge in [-0.3, -0.25) is 9.97 Å². The van der Waals surface area contributed by atoms with Gasteiger partial charge in [-0.1, -0.05) is 121 Å². The Kier molecular flexibility index (Phi) is 6.82. The zero-order chi connectivity index (χ0) is 35.6. The second kappa shape index (κ2) is 12.1. The Hall–Kier alpha value is -7.30. The maximum absolute atomic E-state index is 5.17. The molecule has 0 amide bonds. The summed E-state index contributed by atoms with van der Waals surface area (Å²) in [6.45, 7) is 0. The van der Waals surface area contributed by atoms with Crippen LogP contribution in [0.4, 0.5) is 0 Å². The normalized spacial score (nSPS) is 11.7. The van der Waals surface area contributed by atoms with Gasteiger partial charge in [-0.2, -0.15) is 0 Å². The molecule has 4 aromatic heterocycles. The number of benzene rings is 7. The van der Waals surface area contributed by atoms with Crippen LogP contribution in [0.3, 0.4) is 0 Å². The molecule has 0 aliphatic rings. The van der Waals surface area contributed by atoms with Crippen molar-refractivity contribution >= 4 is 65.2 Å². The highest BCUT2D eigenvalue weighted by Gasteiger charge is 2.13. The molecule has 0 spiro atoms. The van der Waals surface area contributed by atoms with E-state index in [-0.39, 0.29) is 0 Å². The Morgan fingerprint density at radius 3 is 1.89 bits per heavy atom. The fourth-order valence-electron chi connectivity index (χ4n) is 8.00. The highest BCUT2D eigenvalue weighted by molar-refractivity contribution is 6.14. The van der Waals surface area contributed by atoms with Gasteiger partial charge in [-0.15, -0.1) is 0 Å². The van der Waals surface area contributed by atoms with Gasteiger partial charge >= 0.3 is 0 Å². The van der Waals surface area contributed by atoms with Gasteiger partial charge < -0.3 is 0 Å². The monoisotopic (exact) mass is 686 g/mol. The van der Waals surface area contributed by atoms with Gasteiger partial charge in [0.05, 0.1) is 33.5 Å². The predicted molar refractivity (Wildman–Crippen MR) is 224 cm³/mol. The minimum atomic E-state index is 0.920. The van der Waals surface area contributed by atoms with Crippen molar-refractivity contribution in [2.75, 3.05) is 0 Å². The third-order valence-electron chi connectivity index (χ3n) is 10.7. The van der Waals surface area contributed by atoms with Crippen LogP contribution in [0.5, 0.6) is 0 Å². The van der Waals surface area contributed by atoms with Crippen molar-refractivity contribution in [3.63, 3.8) is 0 Å². The first kappa shape index (κ1) is 30.3. The van der Waals surface area contributed by atoms with Crippen LogP contribution in [0.1, 0.15) is 0 Å². The maximum Gasteiger partial charge on any atom is 0.0970 e. The molecule has 4 nitrogen and oxygen atoms in total. The molecule has 54 heavy (non-hydrogen) atoms. The lowest BCUT2D eigenvalue weighted by Gasteiger charge is -2.12. The molecule has 0 bridgehead atoms. The van der Waals surface area contributed by atoms with Crippen LogP contribution in [0.25, 0.3) is 110 Å². The topological polar surface area (TPSA) is 51.6 Å². The zero-order valence-corrected chi connectivity index (χ0v) is 29.1. The molecular weight excluding hydrogens is 657 g/mol. The number of aromatic nitrogens is 4. The maximum atomic E-state index is 5.17. The number of nitrogens with zero attached hydrogens (tertiary/aromatic N) is 4. The fraction of sp³-hybridized carbons (Fsp3) is 0. The molecule has 0 atom stereocenters. The first-order chi connectivity index (χ1) is 26.7. The molecule has 7 aromatic carbocycles. The van der Waals surface area contributed by atoms with Crippen molar-refractivity contribution in [1.29, 1.82) is 0 Å². The molecule has 0 aliphatic carbocycles. The summed E-state index contributed by atoms with van der Waals surface area (Å²) in [5, 5.41) is 9.35. The van der Waals surface area contributed by atoms with E-state index < -0.39 is 0 Å². The number of hydrogen-bond acceptors (Lipinski definition) is 4. The zero-order valence-electron chi connectivity index (χ0n) is 29.1. The third kappa shape index (κ3) is 5.00. The van der Waals surface area contributed by atoms with E-state index >= 15 is 0 Å². The Balaban J connectivity index is 0.914. The van der Waals surface area contributed by atoms with Gasteiger partial charge in [0.1, 0.15) is 0 Å². The average molecular weight is 687 g/mol. The van der Waals surface area contributed by atoms with Gasteiger partial charge in [0.2, 0.25) is 0 Å². The molecule has 0 unspecified atom stereocenters. The lowest BCUT2D eigenvalue weighted by Crippen LogP contribution is -1.90. The van der Waals surface area contributed by atoms with Crippen molar-refractivity contribution < 1.29 is 0 Å². The lowest BCUT2D eigenvalue weighted by molar-refractivity contribution is 1.37. The average Bonchev–Trinajstić information content (AvgIpc) is 3.25. The van der Waals surface area contributed by atoms with E-state index in [2.05, 4.69) is 174 Å². The van der Waals surface area contributed by atoms with Crippen molar-refractivity contribution in [1.82, 2.24) is 19.9 Å². The molecule has 0 fully saturated rings. The number of rotatable bonds is 4. The second-order valence-corrected chi connectivity index (χ2v) is 13.9. The van der Waals surface area contributed by atoms with Crippen LogP contribution >= 0.6 is 0 Å². The quantitative estimate of drug-likeness (QED) is 0.173. The van der Waals surface area contributed by atoms with Gasteiger partial charge in [0.15, 0.2) is 0 Å². The Bertz CT molecular complexity index is 3280. The fourth-order valence-corrected chi connectivity index (χ4v) is 8.00. The molecule has 11 aromatic rings. The molecular formula is C50H30N4. The largest absolute Gasteiger partial charge is 0.254 e. The molecule has 0 saturated heterocycles. The van der Waals surface area contributed by atoms with E-state index in [1.54, 1.807) is 0 Å². The first-order valence-electron chi connectivity index (χ1n) is 18.2. The van der Waals surface area contributed by atoms with Gasteiger partial charge in [0, 0.05) is 45.1 Å². The van der Waals surface area contributed by atoms with E-state index in [0.29, 0.717) is 0 Å². The smallest absolute Gasteiger partial charge is 0.0970 e. The van der Waals surface area contributed by atoms with Crippen molar-refractivity contribution in [3.05, 3.63) is 182 Å². The van der Waals surface area contributed by atoms with Crippen LogP contribution in [-0.4, -0.2) is 19.9 Å². The highest BCUT2D eigenvalue weighted by atomic mass is 14.7. The van der Waals surface area contributed by atoms with Gasteiger partial charge in [-0.05, 0) is 92.3 Å². The van der Waals surface area contributed by atoms with Crippen LogP contribution in [-0.2, 0) is 0 Å². The molecule has 4 heterocycles. The van der Waals surface area contributed by atoms with Crippen molar-refractivity contribution in [3.8, 4) is 44.8 Å². The van der Waals surface area contributed by atoms with E-state index in [4.69, 9.17) is 9.97 Å². The summed E-state index contributed by atoms with van der Waals surface area (Å²) in [6, 6.07) is 60.2. The molecule has 0 saturated carbocycles. The Morgan fingerprint density at radius 1 is 0.296 bits per heavy atom. The summed E-state index contributed by atoms with van der Waals surface area (Å²) in [4.78, 5) is 19.6.